The van der Waals surface area contributed by atoms with Crippen LogP contribution in [-0.4, -0.2) is 27.7 Å². The van der Waals surface area contributed by atoms with Crippen molar-refractivity contribution in [2.75, 3.05) is 11.4 Å². The van der Waals surface area contributed by atoms with Crippen LogP contribution in [0.1, 0.15) is 24.6 Å². The number of carbonyl (C=O) groups is 1. The standard InChI is InChI=1S/C23H20F3N3OS/c1-15(21(30)29-13-7-11-17-10-5-6-12-19(17)29)31-22-27-18(16-8-3-2-4-9-16)14-20(28-22)23(24,25)26/h2-6,8-10,12,14-15H,7,11,13H2,1H3. The number of rotatable bonds is 4. The number of halogens is 3. The third kappa shape index (κ3) is 4.74. The highest BCUT2D eigenvalue weighted by atomic mass is 32.2. The lowest BCUT2D eigenvalue weighted by Gasteiger charge is -2.31. The average Bonchev–Trinajstić information content (AvgIpc) is 2.78. The van der Waals surface area contributed by atoms with Crippen LogP contribution in [0, 0.1) is 0 Å². The molecule has 1 aromatic heterocycles. The first-order valence-electron chi connectivity index (χ1n) is 9.90. The van der Waals surface area contributed by atoms with Gasteiger partial charge in [-0.3, -0.25) is 4.79 Å². The number of aromatic nitrogens is 2. The van der Waals surface area contributed by atoms with Gasteiger partial charge in [-0.05, 0) is 37.5 Å². The number of hydrogen-bond donors (Lipinski definition) is 0. The molecule has 0 bridgehead atoms. The summed E-state index contributed by atoms with van der Waals surface area (Å²) in [6, 6.07) is 17.3. The smallest absolute Gasteiger partial charge is 0.311 e. The number of carbonyl (C=O) groups excluding carboxylic acids is 1. The lowest BCUT2D eigenvalue weighted by molar-refractivity contribution is -0.141. The molecule has 0 radical (unpaired) electrons. The van der Waals surface area contributed by atoms with Crippen LogP contribution in [0.4, 0.5) is 18.9 Å². The van der Waals surface area contributed by atoms with Crippen LogP contribution in [0.3, 0.4) is 0 Å². The van der Waals surface area contributed by atoms with E-state index in [2.05, 4.69) is 9.97 Å². The Kier molecular flexibility index (Phi) is 6.00. The Hall–Kier alpha value is -2.87. The minimum atomic E-state index is -4.61. The van der Waals surface area contributed by atoms with E-state index in [1.54, 1.807) is 42.2 Å². The van der Waals surface area contributed by atoms with E-state index in [1.807, 2.05) is 24.3 Å². The van der Waals surface area contributed by atoms with Crippen molar-refractivity contribution in [3.63, 3.8) is 0 Å². The van der Waals surface area contributed by atoms with Gasteiger partial charge in [0.05, 0.1) is 10.9 Å². The number of alkyl halides is 3. The van der Waals surface area contributed by atoms with Gasteiger partial charge in [0.2, 0.25) is 5.91 Å². The summed E-state index contributed by atoms with van der Waals surface area (Å²) >= 11 is 0.946. The number of hydrogen-bond acceptors (Lipinski definition) is 4. The van der Waals surface area contributed by atoms with Crippen molar-refractivity contribution in [2.24, 2.45) is 0 Å². The van der Waals surface area contributed by atoms with Gasteiger partial charge in [0.1, 0.15) is 5.69 Å². The number of para-hydroxylation sites is 1. The quantitative estimate of drug-likeness (QED) is 0.388. The molecule has 1 aliphatic heterocycles. The van der Waals surface area contributed by atoms with Crippen LogP contribution in [-0.2, 0) is 17.4 Å². The third-order valence-corrected chi connectivity index (χ3v) is 6.02. The molecule has 0 spiro atoms. The molecule has 8 heteroatoms. The highest BCUT2D eigenvalue weighted by molar-refractivity contribution is 8.00. The Labute approximate surface area is 182 Å². The van der Waals surface area contributed by atoms with Gasteiger partial charge in [-0.1, -0.05) is 60.3 Å². The summed E-state index contributed by atoms with van der Waals surface area (Å²) in [6.07, 6.45) is -2.86. The zero-order valence-corrected chi connectivity index (χ0v) is 17.6. The van der Waals surface area contributed by atoms with Crippen LogP contribution in [0.5, 0.6) is 0 Å². The number of thioether (sulfide) groups is 1. The molecular weight excluding hydrogens is 423 g/mol. The zero-order chi connectivity index (χ0) is 22.0. The Morgan fingerprint density at radius 3 is 2.52 bits per heavy atom. The fourth-order valence-electron chi connectivity index (χ4n) is 3.57. The number of aryl methyl sites for hydroxylation is 1. The summed E-state index contributed by atoms with van der Waals surface area (Å²) in [4.78, 5) is 22.8. The van der Waals surface area contributed by atoms with E-state index in [-0.39, 0.29) is 16.8 Å². The molecule has 1 unspecified atom stereocenters. The molecule has 0 fully saturated rings. The van der Waals surface area contributed by atoms with Gasteiger partial charge < -0.3 is 4.90 Å². The topological polar surface area (TPSA) is 46.1 Å². The molecular formula is C23H20F3N3OS. The predicted octanol–water partition coefficient (Wildman–Crippen LogP) is 5.62. The van der Waals surface area contributed by atoms with E-state index in [9.17, 15) is 18.0 Å². The molecule has 31 heavy (non-hydrogen) atoms. The average molecular weight is 443 g/mol. The molecule has 1 aliphatic rings. The number of nitrogens with zero attached hydrogens (tertiary/aromatic N) is 3. The number of benzene rings is 2. The van der Waals surface area contributed by atoms with Gasteiger partial charge in [-0.2, -0.15) is 13.2 Å². The lowest BCUT2D eigenvalue weighted by atomic mass is 10.0. The summed E-state index contributed by atoms with van der Waals surface area (Å²) in [6.45, 7) is 2.26. The van der Waals surface area contributed by atoms with Crippen molar-refractivity contribution in [3.8, 4) is 11.3 Å². The lowest BCUT2D eigenvalue weighted by Crippen LogP contribution is -2.40. The van der Waals surface area contributed by atoms with E-state index < -0.39 is 17.1 Å². The van der Waals surface area contributed by atoms with E-state index in [1.165, 1.54) is 0 Å². The second-order valence-corrected chi connectivity index (χ2v) is 8.57. The molecule has 1 atom stereocenters. The Balaban J connectivity index is 1.62. The molecule has 3 aromatic rings. The first-order valence-corrected chi connectivity index (χ1v) is 10.8. The number of amides is 1. The second-order valence-electron chi connectivity index (χ2n) is 7.27. The second kappa shape index (κ2) is 8.70. The Bertz CT molecular complexity index is 1090. The van der Waals surface area contributed by atoms with Crippen molar-refractivity contribution >= 4 is 23.4 Å². The maximum Gasteiger partial charge on any atom is 0.433 e. The fourth-order valence-corrected chi connectivity index (χ4v) is 4.42. The summed E-state index contributed by atoms with van der Waals surface area (Å²) in [5, 5.41) is -0.710. The largest absolute Gasteiger partial charge is 0.433 e. The monoisotopic (exact) mass is 443 g/mol. The van der Waals surface area contributed by atoms with Crippen molar-refractivity contribution < 1.29 is 18.0 Å². The van der Waals surface area contributed by atoms with Crippen molar-refractivity contribution in [1.29, 1.82) is 0 Å². The van der Waals surface area contributed by atoms with Gasteiger partial charge in [0, 0.05) is 17.8 Å². The summed E-state index contributed by atoms with van der Waals surface area (Å²) in [5.41, 5.74) is 1.67. The molecule has 2 aromatic carbocycles. The fraction of sp³-hybridized carbons (Fsp3) is 0.261. The van der Waals surface area contributed by atoms with E-state index >= 15 is 0 Å². The van der Waals surface area contributed by atoms with Gasteiger partial charge >= 0.3 is 6.18 Å². The Morgan fingerprint density at radius 1 is 1.06 bits per heavy atom. The first-order chi connectivity index (χ1) is 14.8. The number of anilines is 1. The van der Waals surface area contributed by atoms with Gasteiger partial charge in [-0.15, -0.1) is 0 Å². The predicted molar refractivity (Wildman–Crippen MR) is 115 cm³/mol. The van der Waals surface area contributed by atoms with Crippen LogP contribution >= 0.6 is 11.8 Å². The summed E-state index contributed by atoms with van der Waals surface area (Å²) in [5.74, 6) is -0.167. The van der Waals surface area contributed by atoms with Crippen LogP contribution in [0.25, 0.3) is 11.3 Å². The van der Waals surface area contributed by atoms with E-state index in [4.69, 9.17) is 0 Å². The SMILES string of the molecule is CC(Sc1nc(-c2ccccc2)cc(C(F)(F)F)n1)C(=O)N1CCCc2ccccc21. The normalized spacial score (nSPS) is 14.8. The minimum Gasteiger partial charge on any atom is -0.311 e. The summed E-state index contributed by atoms with van der Waals surface area (Å²) < 4.78 is 40.3. The molecule has 4 rings (SSSR count). The van der Waals surface area contributed by atoms with Gasteiger partial charge in [0.15, 0.2) is 5.16 Å². The van der Waals surface area contributed by atoms with Gasteiger partial charge in [-0.25, -0.2) is 9.97 Å². The third-order valence-electron chi connectivity index (χ3n) is 5.07. The Morgan fingerprint density at radius 2 is 1.77 bits per heavy atom. The highest BCUT2D eigenvalue weighted by Crippen LogP contribution is 2.34. The van der Waals surface area contributed by atoms with Crippen molar-refractivity contribution in [1.82, 2.24) is 9.97 Å². The molecule has 0 aliphatic carbocycles. The van der Waals surface area contributed by atoms with E-state index in [0.29, 0.717) is 12.1 Å². The molecule has 160 valence electrons. The van der Waals surface area contributed by atoms with Crippen LogP contribution in [0.2, 0.25) is 0 Å². The molecule has 1 amide bonds. The highest BCUT2D eigenvalue weighted by Gasteiger charge is 2.34. The van der Waals surface area contributed by atoms with Crippen LogP contribution < -0.4 is 4.90 Å². The van der Waals surface area contributed by atoms with Crippen LogP contribution in [0.15, 0.2) is 65.8 Å². The number of fused-ring (bicyclic) bond motifs is 1. The maximum atomic E-state index is 13.4. The molecule has 0 saturated carbocycles. The molecule has 4 nitrogen and oxygen atoms in total. The minimum absolute atomic E-state index is 0.0696. The molecule has 0 N–H and O–H groups in total. The van der Waals surface area contributed by atoms with Crippen molar-refractivity contribution in [2.45, 2.75) is 36.3 Å². The van der Waals surface area contributed by atoms with Gasteiger partial charge in [0.25, 0.3) is 0 Å². The molecule has 2 heterocycles. The first kappa shape index (κ1) is 21.4. The molecule has 0 saturated heterocycles. The maximum absolute atomic E-state index is 13.4. The zero-order valence-electron chi connectivity index (χ0n) is 16.8. The van der Waals surface area contributed by atoms with Crippen molar-refractivity contribution in [3.05, 3.63) is 71.9 Å². The summed E-state index contributed by atoms with van der Waals surface area (Å²) in [7, 11) is 0. The van der Waals surface area contributed by atoms with E-state index in [0.717, 1.165) is 41.9 Å².